The van der Waals surface area contributed by atoms with Crippen LogP contribution in [0.15, 0.2) is 6.33 Å². The zero-order valence-electron chi connectivity index (χ0n) is 17.2. The van der Waals surface area contributed by atoms with Crippen molar-refractivity contribution in [3.05, 3.63) is 12.2 Å². The summed E-state index contributed by atoms with van der Waals surface area (Å²) in [6.45, 7) is 1.21. The lowest BCUT2D eigenvalue weighted by Crippen LogP contribution is -2.25. The van der Waals surface area contributed by atoms with Crippen molar-refractivity contribution >= 4 is 17.0 Å². The van der Waals surface area contributed by atoms with Gasteiger partial charge >= 0.3 is 0 Å². The van der Waals surface area contributed by atoms with Crippen LogP contribution < -0.4 is 5.73 Å². The Morgan fingerprint density at radius 2 is 1.79 bits per heavy atom. The molecule has 0 unspecified atom stereocenters. The van der Waals surface area contributed by atoms with Crippen LogP contribution in [0.1, 0.15) is 69.7 Å². The molecular weight excluding hydrogens is 348 g/mol. The Balaban J connectivity index is 1.42. The third kappa shape index (κ3) is 4.30. The van der Waals surface area contributed by atoms with E-state index in [2.05, 4.69) is 45.4 Å². The van der Waals surface area contributed by atoms with Gasteiger partial charge in [-0.1, -0.05) is 18.8 Å². The zero-order valence-corrected chi connectivity index (χ0v) is 17.2. The average Bonchev–Trinajstić information content (AvgIpc) is 3.32. The maximum atomic E-state index is 6.14. The number of nitrogens with two attached hydrogens (primary N) is 1. The van der Waals surface area contributed by atoms with Crippen molar-refractivity contribution in [1.29, 1.82) is 0 Å². The van der Waals surface area contributed by atoms with E-state index in [-0.39, 0.29) is 0 Å². The Bertz CT molecular complexity index is 860. The molecule has 0 radical (unpaired) electrons. The third-order valence-electron chi connectivity index (χ3n) is 6.35. The van der Waals surface area contributed by atoms with Gasteiger partial charge in [0.15, 0.2) is 11.5 Å². The lowest BCUT2D eigenvalue weighted by atomic mass is 9.80. The highest BCUT2D eigenvalue weighted by Crippen LogP contribution is 2.32. The number of rotatable bonds is 4. The molecule has 4 rings (SSSR count). The molecule has 6 heteroatoms. The van der Waals surface area contributed by atoms with Crippen LogP contribution in [0.25, 0.3) is 11.2 Å². The molecule has 0 spiro atoms. The molecular formula is C22H32N6. The number of fused-ring (bicyclic) bond motifs is 1. The summed E-state index contributed by atoms with van der Waals surface area (Å²) in [4.78, 5) is 15.8. The highest BCUT2D eigenvalue weighted by molar-refractivity contribution is 5.82. The largest absolute Gasteiger partial charge is 0.382 e. The van der Waals surface area contributed by atoms with E-state index in [1.807, 2.05) is 6.33 Å². The Hall–Kier alpha value is -2.13. The Labute approximate surface area is 167 Å². The van der Waals surface area contributed by atoms with Crippen LogP contribution in [0.3, 0.4) is 0 Å². The molecule has 28 heavy (non-hydrogen) atoms. The summed E-state index contributed by atoms with van der Waals surface area (Å²) in [6.07, 6.45) is 12.9. The fraction of sp³-hybridized carbons (Fsp3) is 0.682. The molecule has 0 atom stereocenters. The van der Waals surface area contributed by atoms with Gasteiger partial charge in [0.1, 0.15) is 5.52 Å². The fourth-order valence-electron chi connectivity index (χ4n) is 4.85. The van der Waals surface area contributed by atoms with E-state index in [4.69, 9.17) is 10.7 Å². The fourth-order valence-corrected chi connectivity index (χ4v) is 4.85. The minimum absolute atomic E-state index is 0.440. The van der Waals surface area contributed by atoms with Gasteiger partial charge in [-0.25, -0.2) is 15.0 Å². The second kappa shape index (κ2) is 8.48. The quantitative estimate of drug-likeness (QED) is 0.820. The van der Waals surface area contributed by atoms with E-state index >= 15 is 0 Å². The van der Waals surface area contributed by atoms with Crippen LogP contribution in [0.5, 0.6) is 0 Å². The maximum Gasteiger partial charge on any atom is 0.208 e. The number of anilines is 1. The summed E-state index contributed by atoms with van der Waals surface area (Å²) in [7, 11) is 4.33. The topological polar surface area (TPSA) is 72.9 Å². The number of nitrogen functional groups attached to an aromatic ring is 1. The summed E-state index contributed by atoms with van der Waals surface area (Å²) < 4.78 is 2.18. The lowest BCUT2D eigenvalue weighted by molar-refractivity contribution is 0.225. The number of hydrogen-bond acceptors (Lipinski definition) is 5. The molecule has 150 valence electrons. The monoisotopic (exact) mass is 380 g/mol. The van der Waals surface area contributed by atoms with E-state index in [0.717, 1.165) is 18.0 Å². The first-order chi connectivity index (χ1) is 13.6. The van der Waals surface area contributed by atoms with Gasteiger partial charge in [0.05, 0.1) is 6.33 Å². The van der Waals surface area contributed by atoms with E-state index < -0.39 is 0 Å². The maximum absolute atomic E-state index is 6.14. The number of hydrogen-bond donors (Lipinski definition) is 1. The van der Waals surface area contributed by atoms with Crippen LogP contribution in [0.4, 0.5) is 5.82 Å². The first-order valence-corrected chi connectivity index (χ1v) is 10.7. The molecule has 0 aliphatic heterocycles. The van der Waals surface area contributed by atoms with Gasteiger partial charge in [0, 0.05) is 19.0 Å². The van der Waals surface area contributed by atoms with E-state index in [9.17, 15) is 0 Å². The second-order valence-corrected chi connectivity index (χ2v) is 8.85. The summed E-state index contributed by atoms with van der Waals surface area (Å²) >= 11 is 0. The third-order valence-corrected chi connectivity index (χ3v) is 6.35. The molecule has 2 aromatic rings. The van der Waals surface area contributed by atoms with E-state index in [1.165, 1.54) is 57.9 Å². The summed E-state index contributed by atoms with van der Waals surface area (Å²) in [6, 6.07) is 0.484. The van der Waals surface area contributed by atoms with Crippen LogP contribution >= 0.6 is 0 Å². The molecule has 2 saturated carbocycles. The lowest BCUT2D eigenvalue weighted by Gasteiger charge is -2.29. The molecule has 0 amide bonds. The van der Waals surface area contributed by atoms with Crippen molar-refractivity contribution in [1.82, 2.24) is 24.4 Å². The van der Waals surface area contributed by atoms with Gasteiger partial charge < -0.3 is 15.2 Å². The molecule has 2 aromatic heterocycles. The first-order valence-electron chi connectivity index (χ1n) is 10.7. The predicted octanol–water partition coefficient (Wildman–Crippen LogP) is 3.63. The zero-order chi connectivity index (χ0) is 19.5. The van der Waals surface area contributed by atoms with Gasteiger partial charge in [-0.2, -0.15) is 0 Å². The van der Waals surface area contributed by atoms with Crippen molar-refractivity contribution in [2.75, 3.05) is 26.4 Å². The SMILES string of the molecule is CN(C)CC1CCC(CC#Cc2nc(N)c3ncn(C4CCCC4)c3n2)CC1. The van der Waals surface area contributed by atoms with Crippen molar-refractivity contribution < 1.29 is 0 Å². The molecule has 2 heterocycles. The summed E-state index contributed by atoms with van der Waals surface area (Å²) in [5.74, 6) is 9.03. The molecule has 0 bridgehead atoms. The Morgan fingerprint density at radius 1 is 1.07 bits per heavy atom. The van der Waals surface area contributed by atoms with Crippen LogP contribution in [0, 0.1) is 23.7 Å². The number of aromatic nitrogens is 4. The molecule has 0 saturated heterocycles. The summed E-state index contributed by atoms with van der Waals surface area (Å²) in [5.41, 5.74) is 7.69. The highest BCUT2D eigenvalue weighted by atomic mass is 15.2. The molecule has 2 N–H and O–H groups in total. The van der Waals surface area contributed by atoms with Gasteiger partial charge in [-0.3, -0.25) is 0 Å². The van der Waals surface area contributed by atoms with Crippen molar-refractivity contribution in [2.24, 2.45) is 11.8 Å². The van der Waals surface area contributed by atoms with E-state index in [1.54, 1.807) is 0 Å². The molecule has 0 aromatic carbocycles. The number of imidazole rings is 1. The van der Waals surface area contributed by atoms with Crippen molar-refractivity contribution in [3.63, 3.8) is 0 Å². The molecule has 2 fully saturated rings. The van der Waals surface area contributed by atoms with Gasteiger partial charge in [0.25, 0.3) is 0 Å². The average molecular weight is 381 g/mol. The van der Waals surface area contributed by atoms with Crippen LogP contribution in [-0.4, -0.2) is 45.1 Å². The molecule has 2 aliphatic carbocycles. The van der Waals surface area contributed by atoms with Gasteiger partial charge in [0.2, 0.25) is 5.82 Å². The Morgan fingerprint density at radius 3 is 2.50 bits per heavy atom. The second-order valence-electron chi connectivity index (χ2n) is 8.85. The van der Waals surface area contributed by atoms with Gasteiger partial charge in [-0.15, -0.1) is 0 Å². The Kier molecular flexibility index (Phi) is 5.82. The minimum Gasteiger partial charge on any atom is -0.382 e. The number of nitrogens with zero attached hydrogens (tertiary/aromatic N) is 5. The van der Waals surface area contributed by atoms with Crippen molar-refractivity contribution in [3.8, 4) is 11.8 Å². The predicted molar refractivity (Wildman–Crippen MR) is 113 cm³/mol. The van der Waals surface area contributed by atoms with Crippen molar-refractivity contribution in [2.45, 2.75) is 63.8 Å². The van der Waals surface area contributed by atoms with Gasteiger partial charge in [-0.05, 0) is 70.4 Å². The van der Waals surface area contributed by atoms with E-state index in [0.29, 0.717) is 29.1 Å². The molecule has 6 nitrogen and oxygen atoms in total. The van der Waals surface area contributed by atoms with Crippen LogP contribution in [0.2, 0.25) is 0 Å². The minimum atomic E-state index is 0.440. The normalized spacial score (nSPS) is 23.2. The van der Waals surface area contributed by atoms with Crippen LogP contribution in [-0.2, 0) is 0 Å². The smallest absolute Gasteiger partial charge is 0.208 e. The highest BCUT2D eigenvalue weighted by Gasteiger charge is 2.22. The standard InChI is InChI=1S/C22H32N6/c1-27(2)14-17-12-10-16(11-13-17)6-5-9-19-25-21(23)20-22(26-19)28(15-24-20)18-7-3-4-8-18/h15-18H,3-4,6-8,10-14H2,1-2H3,(H2,23,25,26). The first kappa shape index (κ1) is 19.2. The molecule has 2 aliphatic rings. The summed E-state index contributed by atoms with van der Waals surface area (Å²) in [5, 5.41) is 0.